The van der Waals surface area contributed by atoms with E-state index in [1.165, 1.54) is 0 Å². The molecule has 0 bridgehead atoms. The van der Waals surface area contributed by atoms with E-state index in [0.717, 1.165) is 19.6 Å². The lowest BCUT2D eigenvalue weighted by Gasteiger charge is -2.24. The molecule has 0 saturated carbocycles. The zero-order valence-electron chi connectivity index (χ0n) is 9.05. The van der Waals surface area contributed by atoms with Crippen molar-refractivity contribution in [1.82, 2.24) is 0 Å². The van der Waals surface area contributed by atoms with Crippen LogP contribution in [-0.2, 0) is 8.85 Å². The van der Waals surface area contributed by atoms with Crippen LogP contribution in [0.25, 0.3) is 0 Å². The number of halogens is 1. The summed E-state index contributed by atoms with van der Waals surface area (Å²) >= 11 is 6.16. The molecular formula is C9H21ClO2Si. The van der Waals surface area contributed by atoms with Crippen molar-refractivity contribution in [2.24, 2.45) is 0 Å². The lowest BCUT2D eigenvalue weighted by molar-refractivity contribution is 0.204. The molecule has 0 N–H and O–H groups in total. The van der Waals surface area contributed by atoms with Crippen LogP contribution in [0.4, 0.5) is 0 Å². The van der Waals surface area contributed by atoms with E-state index in [1.54, 1.807) is 0 Å². The molecule has 0 rings (SSSR count). The Balaban J connectivity index is 4.00. The summed E-state index contributed by atoms with van der Waals surface area (Å²) in [5.41, 5.74) is 0.381. The Labute approximate surface area is 88.4 Å². The maximum atomic E-state index is 6.16. The smallest absolute Gasteiger partial charge is 0.325 e. The molecule has 80 valence electrons. The van der Waals surface area contributed by atoms with Crippen LogP contribution in [-0.4, -0.2) is 27.9 Å². The summed E-state index contributed by atoms with van der Waals surface area (Å²) in [6.45, 7) is 9.69. The molecule has 0 heterocycles. The van der Waals surface area contributed by atoms with Crippen molar-refractivity contribution in [3.05, 3.63) is 0 Å². The first-order valence-corrected chi connectivity index (χ1v) is 7.09. The van der Waals surface area contributed by atoms with Gasteiger partial charge in [-0.05, 0) is 20.3 Å². The lowest BCUT2D eigenvalue weighted by atomic mass is 10.3. The van der Waals surface area contributed by atoms with E-state index >= 15 is 0 Å². The Hall–Kier alpha value is 0.427. The largest absolute Gasteiger partial charge is 0.397 e. The highest BCUT2D eigenvalue weighted by atomic mass is 35.5. The summed E-state index contributed by atoms with van der Waals surface area (Å²) in [6.07, 6.45) is 0.979. The van der Waals surface area contributed by atoms with Gasteiger partial charge < -0.3 is 8.85 Å². The molecular weight excluding hydrogens is 204 g/mol. The van der Waals surface area contributed by atoms with Crippen molar-refractivity contribution < 1.29 is 8.85 Å². The third-order valence-corrected chi connectivity index (χ3v) is 5.65. The molecule has 0 fully saturated rings. The highest BCUT2D eigenvalue weighted by Gasteiger charge is 2.26. The van der Waals surface area contributed by atoms with E-state index in [9.17, 15) is 0 Å². The Kier molecular flexibility index (Phi) is 8.05. The van der Waals surface area contributed by atoms with Crippen LogP contribution in [0.1, 0.15) is 34.1 Å². The predicted molar refractivity (Wildman–Crippen MR) is 59.8 cm³/mol. The van der Waals surface area contributed by atoms with Gasteiger partial charge in [0.15, 0.2) is 0 Å². The zero-order chi connectivity index (χ0) is 10.3. The first kappa shape index (κ1) is 13.4. The number of alkyl halides is 1. The molecule has 0 aromatic carbocycles. The molecule has 0 aliphatic rings. The molecule has 0 radical (unpaired) electrons. The number of hydrogen-bond donors (Lipinski definition) is 0. The molecule has 0 aliphatic carbocycles. The molecule has 0 amide bonds. The monoisotopic (exact) mass is 224 g/mol. The summed E-state index contributed by atoms with van der Waals surface area (Å²) in [5.74, 6) is 0. The van der Waals surface area contributed by atoms with Crippen molar-refractivity contribution in [3.63, 3.8) is 0 Å². The van der Waals surface area contributed by atoms with Gasteiger partial charge in [-0.1, -0.05) is 13.8 Å². The third kappa shape index (κ3) is 5.01. The van der Waals surface area contributed by atoms with Crippen molar-refractivity contribution in [3.8, 4) is 0 Å². The molecule has 13 heavy (non-hydrogen) atoms. The number of rotatable bonds is 7. The quantitative estimate of drug-likeness (QED) is 0.489. The maximum Gasteiger partial charge on any atom is 0.325 e. The second-order valence-corrected chi connectivity index (χ2v) is 6.08. The van der Waals surface area contributed by atoms with Gasteiger partial charge in [-0.25, -0.2) is 0 Å². The van der Waals surface area contributed by atoms with Gasteiger partial charge in [0.25, 0.3) is 0 Å². The Morgan fingerprint density at radius 1 is 1.15 bits per heavy atom. The molecule has 4 heteroatoms. The van der Waals surface area contributed by atoms with Crippen LogP contribution in [0.2, 0.25) is 5.54 Å². The summed E-state index contributed by atoms with van der Waals surface area (Å²) in [7, 11) is -1.54. The van der Waals surface area contributed by atoms with Crippen molar-refractivity contribution >= 4 is 20.9 Å². The maximum absolute atomic E-state index is 6.16. The SMILES string of the molecule is CCO[SiH](OCC)C(C)C(Cl)CC. The second-order valence-electron chi connectivity index (χ2n) is 3.06. The van der Waals surface area contributed by atoms with E-state index in [-0.39, 0.29) is 5.38 Å². The molecule has 2 nitrogen and oxygen atoms in total. The van der Waals surface area contributed by atoms with Gasteiger partial charge in [-0.3, -0.25) is 0 Å². The summed E-state index contributed by atoms with van der Waals surface area (Å²) in [6, 6.07) is 0. The highest BCUT2D eigenvalue weighted by Crippen LogP contribution is 2.23. The van der Waals surface area contributed by atoms with Gasteiger partial charge >= 0.3 is 9.28 Å². The Bertz CT molecular complexity index is 118. The van der Waals surface area contributed by atoms with Gasteiger partial charge in [-0.15, -0.1) is 11.6 Å². The van der Waals surface area contributed by atoms with Crippen LogP contribution in [0.15, 0.2) is 0 Å². The fourth-order valence-electron chi connectivity index (χ4n) is 1.22. The van der Waals surface area contributed by atoms with Crippen LogP contribution in [0, 0.1) is 0 Å². The van der Waals surface area contributed by atoms with E-state index in [0.29, 0.717) is 5.54 Å². The standard InChI is InChI=1S/C9H21ClO2Si/c1-5-9(10)8(4)13(11-6-2)12-7-3/h8-9,13H,5-7H2,1-4H3. The normalized spacial score (nSPS) is 16.2. The lowest BCUT2D eigenvalue weighted by Crippen LogP contribution is -2.32. The molecule has 2 unspecified atom stereocenters. The van der Waals surface area contributed by atoms with E-state index in [4.69, 9.17) is 20.5 Å². The average Bonchev–Trinajstić information content (AvgIpc) is 2.15. The fourth-order valence-corrected chi connectivity index (χ4v) is 3.55. The first-order valence-electron chi connectivity index (χ1n) is 5.04. The van der Waals surface area contributed by atoms with Crippen molar-refractivity contribution in [1.29, 1.82) is 0 Å². The minimum atomic E-state index is -1.54. The van der Waals surface area contributed by atoms with Crippen LogP contribution in [0.5, 0.6) is 0 Å². The van der Waals surface area contributed by atoms with Crippen molar-refractivity contribution in [2.45, 2.75) is 45.0 Å². The average molecular weight is 225 g/mol. The molecule has 0 saturated heterocycles. The van der Waals surface area contributed by atoms with Gasteiger partial charge in [0, 0.05) is 24.1 Å². The van der Waals surface area contributed by atoms with E-state index < -0.39 is 9.28 Å². The molecule has 0 aliphatic heterocycles. The van der Waals surface area contributed by atoms with Gasteiger partial charge in [0.05, 0.1) is 0 Å². The summed E-state index contributed by atoms with van der Waals surface area (Å²) in [4.78, 5) is 0. The molecule has 2 atom stereocenters. The molecule has 0 aromatic heterocycles. The minimum absolute atomic E-state index is 0.190. The van der Waals surface area contributed by atoms with E-state index in [2.05, 4.69) is 13.8 Å². The summed E-state index contributed by atoms with van der Waals surface area (Å²) < 4.78 is 11.2. The topological polar surface area (TPSA) is 18.5 Å². The second kappa shape index (κ2) is 7.80. The highest BCUT2D eigenvalue weighted by molar-refractivity contribution is 6.48. The van der Waals surface area contributed by atoms with Gasteiger partial charge in [0.2, 0.25) is 0 Å². The molecule has 0 spiro atoms. The third-order valence-electron chi connectivity index (χ3n) is 2.05. The summed E-state index contributed by atoms with van der Waals surface area (Å²) in [5, 5.41) is 0.190. The van der Waals surface area contributed by atoms with Gasteiger partial charge in [0.1, 0.15) is 0 Å². The number of hydrogen-bond acceptors (Lipinski definition) is 2. The van der Waals surface area contributed by atoms with Crippen molar-refractivity contribution in [2.75, 3.05) is 13.2 Å². The fraction of sp³-hybridized carbons (Fsp3) is 1.00. The van der Waals surface area contributed by atoms with E-state index in [1.807, 2.05) is 13.8 Å². The Morgan fingerprint density at radius 2 is 1.62 bits per heavy atom. The Morgan fingerprint density at radius 3 is 1.92 bits per heavy atom. The predicted octanol–water partition coefficient (Wildman–Crippen LogP) is 2.69. The first-order chi connectivity index (χ1) is 6.17. The zero-order valence-corrected chi connectivity index (χ0v) is 11.0. The van der Waals surface area contributed by atoms with Crippen LogP contribution >= 0.6 is 11.6 Å². The van der Waals surface area contributed by atoms with Crippen LogP contribution in [0.3, 0.4) is 0 Å². The minimum Gasteiger partial charge on any atom is -0.397 e. The molecule has 0 aromatic rings. The van der Waals surface area contributed by atoms with Crippen LogP contribution < -0.4 is 0 Å². The van der Waals surface area contributed by atoms with Gasteiger partial charge in [-0.2, -0.15) is 0 Å².